The molecule has 0 saturated carbocycles. The van der Waals surface area contributed by atoms with Gasteiger partial charge in [0.25, 0.3) is 0 Å². The number of furan rings is 4. The van der Waals surface area contributed by atoms with Gasteiger partial charge >= 0.3 is 30.4 Å². The number of para-hydroxylation sites is 1. The zero-order valence-electron chi connectivity index (χ0n) is 59.9. The lowest BCUT2D eigenvalue weighted by molar-refractivity contribution is -0.117. The SMILES string of the molecule is COc1ccc2c(C(C(=O)Nc3ccc4ccccc4c3)P(=O)(O)O)coc2c1.COc1ccc2occ(C(C(=O)Nc3ccc4ccccc4c3)P(=O)(O)O)c2c1.Cc1ccc2occ(C(C(=O)Nc3ccc4ccccc4c3)P(=O)(O)O)c2c1.O=C(Nc1ccc2ccccc2c1)C(c1coc2ccccc12)P(=O)(O)O. The molecule has 0 radical (unpaired) electrons. The summed E-state index contributed by atoms with van der Waals surface area (Å²) in [5.41, 5.74) is -1.77. The molecule has 0 spiro atoms. The molecule has 30 heteroatoms. The van der Waals surface area contributed by atoms with Crippen molar-refractivity contribution in [1.29, 1.82) is 0 Å². The van der Waals surface area contributed by atoms with Crippen molar-refractivity contribution in [2.24, 2.45) is 0 Å². The monoisotopic (exact) mass is 1600 g/mol. The number of amides is 4. The van der Waals surface area contributed by atoms with Gasteiger partial charge in [0.2, 0.25) is 23.6 Å². The fourth-order valence-corrected chi connectivity index (χ4v) is 16.9. The second-order valence-electron chi connectivity index (χ2n) is 26.2. The Bertz CT molecular complexity index is 6510. The predicted molar refractivity (Wildman–Crippen MR) is 432 cm³/mol. The minimum Gasteiger partial charge on any atom is -0.497 e. The molecule has 26 nitrogen and oxygen atoms in total. The lowest BCUT2D eigenvalue weighted by Gasteiger charge is -2.17. The highest BCUT2D eigenvalue weighted by molar-refractivity contribution is 7.54. The number of hydrogen-bond donors (Lipinski definition) is 12. The van der Waals surface area contributed by atoms with Gasteiger partial charge in [-0.15, -0.1) is 0 Å². The molecule has 0 fully saturated rings. The van der Waals surface area contributed by atoms with Crippen LogP contribution >= 0.6 is 30.4 Å². The van der Waals surface area contributed by atoms with Gasteiger partial charge < -0.3 is 87.6 Å². The summed E-state index contributed by atoms with van der Waals surface area (Å²) in [5, 5.41) is 20.0. The normalized spacial score (nSPS) is 12.9. The molecule has 4 heterocycles. The summed E-state index contributed by atoms with van der Waals surface area (Å²) < 4.78 is 80.6. The first kappa shape index (κ1) is 79.0. The second-order valence-corrected chi connectivity index (χ2v) is 32.9. The van der Waals surface area contributed by atoms with E-state index in [0.29, 0.717) is 78.1 Å². The molecule has 12 N–H and O–H groups in total. The number of ether oxygens (including phenoxy) is 2. The number of hydrogen-bond acceptors (Lipinski definition) is 14. The molecule has 12 aromatic carbocycles. The van der Waals surface area contributed by atoms with E-state index < -0.39 is 76.6 Å². The van der Waals surface area contributed by atoms with Crippen LogP contribution in [0.25, 0.3) is 87.0 Å². The molecule has 0 aliphatic carbocycles. The van der Waals surface area contributed by atoms with Crippen LogP contribution in [0.15, 0.2) is 291 Å². The highest BCUT2D eigenvalue weighted by Crippen LogP contribution is 2.58. The van der Waals surface area contributed by atoms with Crippen molar-refractivity contribution in [3.8, 4) is 11.5 Å². The van der Waals surface area contributed by atoms with Crippen molar-refractivity contribution in [2.45, 2.75) is 29.6 Å². The number of carbonyl (C=O) groups is 4. The molecule has 0 aliphatic rings. The summed E-state index contributed by atoms with van der Waals surface area (Å²) in [6.07, 6.45) is 4.88. The minimum absolute atomic E-state index is 0.102. The van der Waals surface area contributed by atoms with Crippen LogP contribution in [0.5, 0.6) is 11.5 Å². The van der Waals surface area contributed by atoms with Gasteiger partial charge in [-0.25, -0.2) is 0 Å². The van der Waals surface area contributed by atoms with E-state index in [0.717, 1.165) is 48.7 Å². The van der Waals surface area contributed by atoms with Gasteiger partial charge in [0.1, 0.15) is 33.8 Å². The van der Waals surface area contributed by atoms with Crippen LogP contribution in [0.4, 0.5) is 22.7 Å². The first-order valence-corrected chi connectivity index (χ1v) is 41.2. The number of nitrogens with one attached hydrogen (secondary N) is 4. The maximum atomic E-state index is 12.9. The Morgan fingerprint density at radius 2 is 0.566 bits per heavy atom. The van der Waals surface area contributed by atoms with Crippen molar-refractivity contribution in [2.75, 3.05) is 35.5 Å². The van der Waals surface area contributed by atoms with Gasteiger partial charge in [-0.3, -0.25) is 37.4 Å². The molecule has 0 saturated heterocycles. The number of anilines is 4. The van der Waals surface area contributed by atoms with Crippen LogP contribution in [-0.2, 0) is 37.4 Å². The van der Waals surface area contributed by atoms with Gasteiger partial charge in [-0.2, -0.15) is 0 Å². The number of carbonyl (C=O) groups excluding carboxylic acids is 4. The molecule has 4 atom stereocenters. The number of aryl methyl sites for hydroxylation is 1. The largest absolute Gasteiger partial charge is 0.497 e. The van der Waals surface area contributed by atoms with Gasteiger partial charge in [-0.1, -0.05) is 151 Å². The average Bonchev–Trinajstić information content (AvgIpc) is 1.68. The van der Waals surface area contributed by atoms with Gasteiger partial charge in [-0.05, 0) is 147 Å². The highest BCUT2D eigenvalue weighted by atomic mass is 31.2. The van der Waals surface area contributed by atoms with Crippen LogP contribution in [0, 0.1) is 6.92 Å². The fourth-order valence-electron chi connectivity index (χ4n) is 13.1. The molecule has 16 aromatic rings. The van der Waals surface area contributed by atoms with Crippen molar-refractivity contribution in [3.05, 3.63) is 302 Å². The summed E-state index contributed by atoms with van der Waals surface area (Å²) in [7, 11) is -16.3. The highest BCUT2D eigenvalue weighted by Gasteiger charge is 2.43. The van der Waals surface area contributed by atoms with Crippen molar-refractivity contribution >= 4 is 164 Å². The molecule has 0 aliphatic heterocycles. The molecular formula is C83H70N4O22P4. The zero-order chi connectivity index (χ0) is 80.1. The second kappa shape index (κ2) is 33.1. The van der Waals surface area contributed by atoms with E-state index in [4.69, 9.17) is 27.1 Å². The van der Waals surface area contributed by atoms with E-state index in [-0.39, 0.29) is 22.3 Å². The third kappa shape index (κ3) is 18.1. The zero-order valence-corrected chi connectivity index (χ0v) is 63.4. The molecular weight excluding hydrogens is 1530 g/mol. The Morgan fingerprint density at radius 3 is 0.920 bits per heavy atom. The van der Waals surface area contributed by atoms with Crippen molar-refractivity contribution in [3.63, 3.8) is 0 Å². The summed E-state index contributed by atoms with van der Waals surface area (Å²) in [5.74, 6) is -2.18. The van der Waals surface area contributed by atoms with E-state index in [9.17, 15) is 76.6 Å². The summed E-state index contributed by atoms with van der Waals surface area (Å²) in [6.45, 7) is 1.86. The van der Waals surface area contributed by atoms with Gasteiger partial charge in [0.15, 0.2) is 22.6 Å². The van der Waals surface area contributed by atoms with Crippen molar-refractivity contribution < 1.29 is 104 Å². The summed E-state index contributed by atoms with van der Waals surface area (Å²) >= 11 is 0. The lowest BCUT2D eigenvalue weighted by Crippen LogP contribution is -2.21. The standard InChI is InChI=1S/2C21H18NO6P.C21H18NO5P.C20H16NO5P/c1-27-16-8-9-19-17(11-16)18(12-28-19)20(29(24,25)26)21(23)22-15-7-6-13-4-2-3-5-14(13)10-15;1-27-16-8-9-17-18(12-28-19(17)11-16)20(29(24,25)26)21(23)22-15-7-6-13-4-2-3-5-14(13)10-15;1-13-6-9-19-17(10-13)18(12-27-19)20(28(24,25)26)21(23)22-16-8-7-14-4-2-3-5-15(14)11-16;22-20(21-15-10-9-13-5-1-2-6-14(13)11-15)19(27(23,24)25)17-12-26-18-8-4-3-7-16(17)18/h2*2-12,20H,1H3,(H,22,23)(H2,24,25,26);2-12,20H,1H3,(H,22,23)(H2,24,25,26);1-12,19H,(H,21,22)(H2,23,24,25). The van der Waals surface area contributed by atoms with Crippen LogP contribution in [-0.4, -0.2) is 77.0 Å². The Balaban J connectivity index is 0.000000132. The first-order valence-electron chi connectivity index (χ1n) is 34.4. The van der Waals surface area contributed by atoms with E-state index in [1.807, 2.05) is 134 Å². The average molecular weight is 1600 g/mol. The summed E-state index contributed by atoms with van der Waals surface area (Å²) in [4.78, 5) is 131. The molecule has 16 rings (SSSR count). The number of rotatable bonds is 18. The molecule has 4 aromatic heterocycles. The maximum absolute atomic E-state index is 12.9. The Morgan fingerprint density at radius 1 is 0.292 bits per heavy atom. The Hall–Kier alpha value is -12.1. The van der Waals surface area contributed by atoms with E-state index in [1.54, 1.807) is 121 Å². The van der Waals surface area contributed by atoms with Crippen molar-refractivity contribution in [1.82, 2.24) is 0 Å². The van der Waals surface area contributed by atoms with E-state index in [1.165, 1.54) is 39.3 Å². The van der Waals surface area contributed by atoms with Crippen LogP contribution in [0.2, 0.25) is 0 Å². The third-order valence-electron chi connectivity index (χ3n) is 18.5. The van der Waals surface area contributed by atoms with E-state index >= 15 is 0 Å². The van der Waals surface area contributed by atoms with E-state index in [2.05, 4.69) is 21.3 Å². The molecule has 0 bridgehead atoms. The lowest BCUT2D eigenvalue weighted by atomic mass is 10.1. The minimum atomic E-state index is -4.85. The van der Waals surface area contributed by atoms with Crippen LogP contribution in [0.1, 0.15) is 50.5 Å². The fraction of sp³-hybridized carbons (Fsp3) is 0.0843. The maximum Gasteiger partial charge on any atom is 0.342 e. The summed E-state index contributed by atoms with van der Waals surface area (Å²) in [6, 6.07) is 73.4. The Kier molecular flexibility index (Phi) is 23.1. The van der Waals surface area contributed by atoms with Crippen LogP contribution in [0.3, 0.4) is 0 Å². The first-order chi connectivity index (χ1) is 54.0. The van der Waals surface area contributed by atoms with Gasteiger partial charge in [0.05, 0.1) is 39.3 Å². The van der Waals surface area contributed by atoms with Crippen LogP contribution < -0.4 is 30.7 Å². The number of benzene rings is 12. The predicted octanol–water partition coefficient (Wildman–Crippen LogP) is 18.1. The molecule has 113 heavy (non-hydrogen) atoms. The van der Waals surface area contributed by atoms with Gasteiger partial charge in [0, 0.05) is 72.6 Å². The molecule has 4 amide bonds. The third-order valence-corrected chi connectivity index (χ3v) is 23.2. The smallest absolute Gasteiger partial charge is 0.342 e. The molecule has 4 unspecified atom stereocenters. The number of fused-ring (bicyclic) bond motifs is 8. The quantitative estimate of drug-likeness (QED) is 0.0355. The molecule has 574 valence electrons. The number of methoxy groups -OCH3 is 2. The Labute approximate surface area is 642 Å². The topological polar surface area (TPSA) is 418 Å².